The van der Waals surface area contributed by atoms with E-state index in [-0.39, 0.29) is 17.9 Å². The first-order valence-electron chi connectivity index (χ1n) is 10.2. The molecule has 4 rings (SSSR count). The van der Waals surface area contributed by atoms with Crippen LogP contribution in [-0.2, 0) is 4.79 Å². The molecule has 1 aromatic heterocycles. The molecular formula is C23H27N5O3. The first kappa shape index (κ1) is 21.0. The Kier molecular flexibility index (Phi) is 5.75. The van der Waals surface area contributed by atoms with Gasteiger partial charge in [0.15, 0.2) is 0 Å². The second kappa shape index (κ2) is 8.49. The standard InChI is InChI=1S/C23H27N5O3/c1-12-21(17-11-16(30-4)7-9-20(17)31-5)27-28-22(12)23(29)26-15-6-8-18-19(10-15)25-14(3)13(2)24-18/h6-12,21-22,27-28H,1-5H3,(H,26,29). The van der Waals surface area contributed by atoms with Gasteiger partial charge in [-0.3, -0.25) is 4.79 Å². The summed E-state index contributed by atoms with van der Waals surface area (Å²) >= 11 is 0. The third-order valence-corrected chi connectivity index (χ3v) is 5.84. The number of rotatable bonds is 5. The minimum absolute atomic E-state index is 0.0360. The van der Waals surface area contributed by atoms with E-state index < -0.39 is 6.04 Å². The van der Waals surface area contributed by atoms with E-state index in [1.54, 1.807) is 14.2 Å². The van der Waals surface area contributed by atoms with Crippen LogP contribution in [0.5, 0.6) is 11.5 Å². The summed E-state index contributed by atoms with van der Waals surface area (Å²) < 4.78 is 10.9. The summed E-state index contributed by atoms with van der Waals surface area (Å²) in [6.45, 7) is 5.89. The maximum absolute atomic E-state index is 13.0. The van der Waals surface area contributed by atoms with E-state index in [0.29, 0.717) is 5.69 Å². The zero-order valence-corrected chi connectivity index (χ0v) is 18.3. The zero-order valence-electron chi connectivity index (χ0n) is 18.3. The lowest BCUT2D eigenvalue weighted by Crippen LogP contribution is -2.41. The summed E-state index contributed by atoms with van der Waals surface area (Å²) in [5.41, 5.74) is 11.3. The molecule has 0 radical (unpaired) electrons. The number of nitrogens with one attached hydrogen (secondary N) is 3. The summed E-state index contributed by atoms with van der Waals surface area (Å²) in [6.07, 6.45) is 0. The molecule has 3 N–H and O–H groups in total. The number of benzene rings is 2. The number of amides is 1. The molecule has 8 heteroatoms. The molecule has 0 saturated carbocycles. The number of aryl methyl sites for hydroxylation is 2. The lowest BCUT2D eigenvalue weighted by Gasteiger charge is -2.21. The van der Waals surface area contributed by atoms with Crippen molar-refractivity contribution in [3.63, 3.8) is 0 Å². The van der Waals surface area contributed by atoms with Crippen LogP contribution in [0.4, 0.5) is 5.69 Å². The zero-order chi connectivity index (χ0) is 22.1. The Morgan fingerprint density at radius 2 is 1.71 bits per heavy atom. The van der Waals surface area contributed by atoms with Crippen LogP contribution in [0.25, 0.3) is 11.0 Å². The van der Waals surface area contributed by atoms with E-state index in [1.807, 2.05) is 57.2 Å². The van der Waals surface area contributed by atoms with Gasteiger partial charge in [-0.1, -0.05) is 6.92 Å². The molecule has 0 spiro atoms. The molecule has 2 heterocycles. The van der Waals surface area contributed by atoms with Crippen molar-refractivity contribution in [1.82, 2.24) is 20.8 Å². The summed E-state index contributed by atoms with van der Waals surface area (Å²) in [5.74, 6) is 1.32. The van der Waals surface area contributed by atoms with Crippen LogP contribution < -0.4 is 25.6 Å². The van der Waals surface area contributed by atoms with Crippen molar-refractivity contribution >= 4 is 22.6 Å². The molecule has 1 aliphatic rings. The van der Waals surface area contributed by atoms with Crippen molar-refractivity contribution in [3.8, 4) is 11.5 Å². The number of methoxy groups -OCH3 is 2. The molecule has 2 aromatic carbocycles. The molecule has 8 nitrogen and oxygen atoms in total. The fourth-order valence-electron chi connectivity index (χ4n) is 3.91. The molecule has 31 heavy (non-hydrogen) atoms. The Labute approximate surface area is 181 Å². The van der Waals surface area contributed by atoms with Crippen LogP contribution in [-0.4, -0.2) is 36.1 Å². The normalized spacial score (nSPS) is 20.6. The summed E-state index contributed by atoms with van der Waals surface area (Å²) in [7, 11) is 3.26. The number of fused-ring (bicyclic) bond motifs is 1. The number of aromatic nitrogens is 2. The van der Waals surface area contributed by atoms with Crippen LogP contribution >= 0.6 is 0 Å². The summed E-state index contributed by atoms with van der Waals surface area (Å²) in [6, 6.07) is 10.7. The van der Waals surface area contributed by atoms with E-state index in [2.05, 4.69) is 26.1 Å². The van der Waals surface area contributed by atoms with Gasteiger partial charge in [0.25, 0.3) is 0 Å². The van der Waals surface area contributed by atoms with E-state index in [4.69, 9.17) is 9.47 Å². The van der Waals surface area contributed by atoms with Crippen LogP contribution in [0.2, 0.25) is 0 Å². The summed E-state index contributed by atoms with van der Waals surface area (Å²) in [4.78, 5) is 22.1. The first-order valence-corrected chi connectivity index (χ1v) is 10.2. The van der Waals surface area contributed by atoms with Gasteiger partial charge in [0.2, 0.25) is 5.91 Å². The third-order valence-electron chi connectivity index (χ3n) is 5.84. The number of hydrazine groups is 1. The molecule has 1 amide bonds. The smallest absolute Gasteiger partial charge is 0.243 e. The van der Waals surface area contributed by atoms with Crippen molar-refractivity contribution in [2.75, 3.05) is 19.5 Å². The average Bonchev–Trinajstić information content (AvgIpc) is 3.15. The van der Waals surface area contributed by atoms with E-state index in [1.165, 1.54) is 0 Å². The molecule has 1 saturated heterocycles. The first-order chi connectivity index (χ1) is 14.9. The number of carbonyl (C=O) groups excluding carboxylic acids is 1. The second-order valence-corrected chi connectivity index (χ2v) is 7.80. The Balaban J connectivity index is 1.53. The highest BCUT2D eigenvalue weighted by Gasteiger charge is 2.39. The van der Waals surface area contributed by atoms with Crippen LogP contribution in [0, 0.1) is 19.8 Å². The third kappa shape index (κ3) is 4.04. The topological polar surface area (TPSA) is 97.4 Å². The maximum atomic E-state index is 13.0. The van der Waals surface area contributed by atoms with Crippen LogP contribution in [0.15, 0.2) is 36.4 Å². The highest BCUT2D eigenvalue weighted by Crippen LogP contribution is 2.36. The molecule has 3 unspecified atom stereocenters. The molecule has 3 aromatic rings. The molecule has 1 fully saturated rings. The van der Waals surface area contributed by atoms with E-state index in [0.717, 1.165) is 39.5 Å². The van der Waals surface area contributed by atoms with Gasteiger partial charge in [0.1, 0.15) is 17.5 Å². The number of carbonyl (C=O) groups is 1. The van der Waals surface area contributed by atoms with Gasteiger partial charge in [-0.2, -0.15) is 0 Å². The predicted molar refractivity (Wildman–Crippen MR) is 119 cm³/mol. The SMILES string of the molecule is COc1ccc(OC)c(C2NNC(C(=O)Nc3ccc4nc(C)c(C)nc4c3)C2C)c1. The largest absolute Gasteiger partial charge is 0.497 e. The Morgan fingerprint density at radius 1 is 0.968 bits per heavy atom. The van der Waals surface area contributed by atoms with Crippen LogP contribution in [0.1, 0.15) is 29.9 Å². The van der Waals surface area contributed by atoms with Gasteiger partial charge in [0, 0.05) is 17.2 Å². The lowest BCUT2D eigenvalue weighted by molar-refractivity contribution is -0.118. The number of anilines is 1. The van der Waals surface area contributed by atoms with Crippen molar-refractivity contribution in [1.29, 1.82) is 0 Å². The molecule has 162 valence electrons. The number of hydrogen-bond acceptors (Lipinski definition) is 7. The lowest BCUT2D eigenvalue weighted by atomic mass is 9.90. The molecule has 3 atom stereocenters. The maximum Gasteiger partial charge on any atom is 0.243 e. The fraction of sp³-hybridized carbons (Fsp3) is 0.348. The van der Waals surface area contributed by atoms with Crippen molar-refractivity contribution < 1.29 is 14.3 Å². The van der Waals surface area contributed by atoms with Crippen molar-refractivity contribution in [2.45, 2.75) is 32.9 Å². The predicted octanol–water partition coefficient (Wildman–Crippen LogP) is 3.06. The van der Waals surface area contributed by atoms with Gasteiger partial charge in [-0.05, 0) is 50.2 Å². The highest BCUT2D eigenvalue weighted by atomic mass is 16.5. The highest BCUT2D eigenvalue weighted by molar-refractivity contribution is 5.96. The second-order valence-electron chi connectivity index (χ2n) is 7.80. The summed E-state index contributed by atoms with van der Waals surface area (Å²) in [5, 5.41) is 3.00. The van der Waals surface area contributed by atoms with Crippen molar-refractivity contribution in [2.24, 2.45) is 5.92 Å². The van der Waals surface area contributed by atoms with E-state index in [9.17, 15) is 4.79 Å². The number of nitrogens with zero attached hydrogens (tertiary/aromatic N) is 2. The van der Waals surface area contributed by atoms with Gasteiger partial charge in [-0.25, -0.2) is 20.8 Å². The Hall–Kier alpha value is -3.23. The number of hydrogen-bond donors (Lipinski definition) is 3. The molecule has 1 aliphatic heterocycles. The monoisotopic (exact) mass is 421 g/mol. The van der Waals surface area contributed by atoms with Gasteiger partial charge in [-0.15, -0.1) is 0 Å². The van der Waals surface area contributed by atoms with Gasteiger partial charge < -0.3 is 14.8 Å². The van der Waals surface area contributed by atoms with E-state index >= 15 is 0 Å². The van der Waals surface area contributed by atoms with Gasteiger partial charge >= 0.3 is 0 Å². The Morgan fingerprint density at radius 3 is 2.42 bits per heavy atom. The van der Waals surface area contributed by atoms with Crippen molar-refractivity contribution in [3.05, 3.63) is 53.3 Å². The molecular weight excluding hydrogens is 394 g/mol. The average molecular weight is 422 g/mol. The minimum Gasteiger partial charge on any atom is -0.497 e. The fourth-order valence-corrected chi connectivity index (χ4v) is 3.91. The molecule has 0 bridgehead atoms. The quantitative estimate of drug-likeness (QED) is 0.582. The molecule has 0 aliphatic carbocycles. The van der Waals surface area contributed by atoms with Crippen LogP contribution in [0.3, 0.4) is 0 Å². The van der Waals surface area contributed by atoms with Gasteiger partial charge in [0.05, 0.1) is 42.7 Å². The minimum atomic E-state index is -0.428. The number of ether oxygens (including phenoxy) is 2. The Bertz CT molecular complexity index is 1130.